The molecule has 4 nitrogen and oxygen atoms in total. The van der Waals surface area contributed by atoms with Gasteiger partial charge in [0.2, 0.25) is 5.95 Å². The first-order valence-corrected chi connectivity index (χ1v) is 3.43. The van der Waals surface area contributed by atoms with E-state index < -0.39 is 0 Å². The Bertz CT molecular complexity index is 246. The highest BCUT2D eigenvalue weighted by Crippen LogP contribution is 2.13. The summed E-state index contributed by atoms with van der Waals surface area (Å²) in [4.78, 5) is 8.21. The summed E-state index contributed by atoms with van der Waals surface area (Å²) in [5, 5.41) is 2.86. The van der Waals surface area contributed by atoms with Crippen molar-refractivity contribution in [3.8, 4) is 0 Å². The van der Waals surface area contributed by atoms with Gasteiger partial charge in [0.05, 0.1) is 17.1 Å². The molecule has 0 radical (unpaired) electrons. The standard InChI is InChI=1S/C7H12N4/c1-4-6(8)5(2)11-7(9-3)10-4/h8H2,1-3H3,(H,9,10,11). The number of nitrogens with zero attached hydrogens (tertiary/aromatic N) is 2. The largest absolute Gasteiger partial charge is 0.396 e. The molecule has 0 aliphatic carbocycles. The van der Waals surface area contributed by atoms with Crippen LogP contribution in [-0.4, -0.2) is 17.0 Å². The van der Waals surface area contributed by atoms with Crippen LogP contribution in [0.2, 0.25) is 0 Å². The Labute approximate surface area is 65.9 Å². The summed E-state index contributed by atoms with van der Waals surface area (Å²) in [6.45, 7) is 3.73. The van der Waals surface area contributed by atoms with Gasteiger partial charge in [-0.3, -0.25) is 0 Å². The van der Waals surface area contributed by atoms with Crippen molar-refractivity contribution >= 4 is 11.6 Å². The summed E-state index contributed by atoms with van der Waals surface area (Å²) in [6, 6.07) is 0. The predicted molar refractivity (Wildman–Crippen MR) is 45.5 cm³/mol. The summed E-state index contributed by atoms with van der Waals surface area (Å²) >= 11 is 0. The van der Waals surface area contributed by atoms with E-state index in [-0.39, 0.29) is 0 Å². The number of rotatable bonds is 1. The van der Waals surface area contributed by atoms with Gasteiger partial charge in [0.15, 0.2) is 0 Å². The molecule has 0 unspecified atom stereocenters. The molecule has 0 amide bonds. The van der Waals surface area contributed by atoms with E-state index in [0.717, 1.165) is 11.4 Å². The zero-order valence-corrected chi connectivity index (χ0v) is 6.97. The first-order valence-electron chi connectivity index (χ1n) is 3.43. The van der Waals surface area contributed by atoms with Crippen LogP contribution >= 0.6 is 0 Å². The first-order chi connectivity index (χ1) is 5.15. The number of nitrogen functional groups attached to an aromatic ring is 1. The molecular weight excluding hydrogens is 140 g/mol. The minimum atomic E-state index is 0.620. The normalized spacial score (nSPS) is 9.73. The number of hydrogen-bond donors (Lipinski definition) is 2. The van der Waals surface area contributed by atoms with Crippen LogP contribution in [0.25, 0.3) is 0 Å². The van der Waals surface area contributed by atoms with Gasteiger partial charge >= 0.3 is 0 Å². The minimum Gasteiger partial charge on any atom is -0.396 e. The predicted octanol–water partition coefficient (Wildman–Crippen LogP) is 0.717. The SMILES string of the molecule is CNc1nc(C)c(N)c(C)n1. The van der Waals surface area contributed by atoms with Gasteiger partial charge in [0.1, 0.15) is 0 Å². The number of aryl methyl sites for hydroxylation is 2. The zero-order chi connectivity index (χ0) is 8.43. The average Bonchev–Trinajstić information content (AvgIpc) is 1.99. The smallest absolute Gasteiger partial charge is 0.222 e. The van der Waals surface area contributed by atoms with E-state index >= 15 is 0 Å². The second-order valence-electron chi connectivity index (χ2n) is 2.38. The Morgan fingerprint density at radius 1 is 1.18 bits per heavy atom. The molecule has 1 aromatic rings. The van der Waals surface area contributed by atoms with Crippen molar-refractivity contribution in [2.75, 3.05) is 18.1 Å². The lowest BCUT2D eigenvalue weighted by atomic mass is 10.3. The Balaban J connectivity index is 3.21. The van der Waals surface area contributed by atoms with Crippen molar-refractivity contribution in [1.82, 2.24) is 9.97 Å². The molecule has 11 heavy (non-hydrogen) atoms. The molecule has 0 aliphatic rings. The highest BCUT2D eigenvalue weighted by molar-refractivity contribution is 5.49. The highest BCUT2D eigenvalue weighted by Gasteiger charge is 2.02. The minimum absolute atomic E-state index is 0.620. The highest BCUT2D eigenvalue weighted by atomic mass is 15.1. The maximum absolute atomic E-state index is 5.65. The Morgan fingerprint density at radius 2 is 1.64 bits per heavy atom. The van der Waals surface area contributed by atoms with E-state index in [1.165, 1.54) is 0 Å². The van der Waals surface area contributed by atoms with Crippen molar-refractivity contribution in [2.24, 2.45) is 0 Å². The quantitative estimate of drug-likeness (QED) is 0.622. The van der Waals surface area contributed by atoms with Crippen LogP contribution in [0.1, 0.15) is 11.4 Å². The molecule has 0 atom stereocenters. The summed E-state index contributed by atoms with van der Waals surface area (Å²) in [7, 11) is 1.78. The van der Waals surface area contributed by atoms with Crippen molar-refractivity contribution in [1.29, 1.82) is 0 Å². The van der Waals surface area contributed by atoms with E-state index in [1.54, 1.807) is 7.05 Å². The van der Waals surface area contributed by atoms with E-state index in [0.29, 0.717) is 11.6 Å². The van der Waals surface area contributed by atoms with Gasteiger partial charge in [-0.15, -0.1) is 0 Å². The van der Waals surface area contributed by atoms with Crippen LogP contribution in [0.5, 0.6) is 0 Å². The monoisotopic (exact) mass is 152 g/mol. The second kappa shape index (κ2) is 2.74. The third-order valence-electron chi connectivity index (χ3n) is 1.55. The van der Waals surface area contributed by atoms with Gasteiger partial charge in [-0.1, -0.05) is 0 Å². The molecule has 60 valence electrons. The van der Waals surface area contributed by atoms with Gasteiger partial charge in [-0.25, -0.2) is 9.97 Å². The first kappa shape index (κ1) is 7.78. The van der Waals surface area contributed by atoms with Gasteiger partial charge in [0, 0.05) is 7.05 Å². The van der Waals surface area contributed by atoms with Crippen LogP contribution < -0.4 is 11.1 Å². The van der Waals surface area contributed by atoms with Gasteiger partial charge in [-0.05, 0) is 13.8 Å². The lowest BCUT2D eigenvalue weighted by Gasteiger charge is -2.05. The summed E-state index contributed by atoms with van der Waals surface area (Å²) in [5.74, 6) is 0.620. The lowest BCUT2D eigenvalue weighted by molar-refractivity contribution is 1.06. The summed E-state index contributed by atoms with van der Waals surface area (Å²) in [6.07, 6.45) is 0. The summed E-state index contributed by atoms with van der Waals surface area (Å²) in [5.41, 5.74) is 7.97. The van der Waals surface area contributed by atoms with E-state index in [1.807, 2.05) is 13.8 Å². The molecule has 0 saturated carbocycles. The van der Waals surface area contributed by atoms with Crippen molar-refractivity contribution in [3.63, 3.8) is 0 Å². The molecule has 0 fully saturated rings. The number of aromatic nitrogens is 2. The molecule has 1 heterocycles. The molecule has 4 heteroatoms. The molecule has 0 spiro atoms. The number of nitrogens with two attached hydrogens (primary N) is 1. The third-order valence-corrected chi connectivity index (χ3v) is 1.55. The molecule has 0 bridgehead atoms. The molecule has 0 saturated heterocycles. The van der Waals surface area contributed by atoms with Gasteiger partial charge in [-0.2, -0.15) is 0 Å². The number of anilines is 2. The Hall–Kier alpha value is -1.32. The molecule has 0 aliphatic heterocycles. The second-order valence-corrected chi connectivity index (χ2v) is 2.38. The van der Waals surface area contributed by atoms with Crippen LogP contribution in [0.4, 0.5) is 11.6 Å². The van der Waals surface area contributed by atoms with Crippen molar-refractivity contribution in [3.05, 3.63) is 11.4 Å². The fourth-order valence-electron chi connectivity index (χ4n) is 0.837. The molecule has 1 rings (SSSR count). The fourth-order valence-corrected chi connectivity index (χ4v) is 0.837. The molecular formula is C7H12N4. The van der Waals surface area contributed by atoms with Crippen LogP contribution in [-0.2, 0) is 0 Å². The van der Waals surface area contributed by atoms with Crippen LogP contribution in [0.15, 0.2) is 0 Å². The maximum atomic E-state index is 5.65. The lowest BCUT2D eigenvalue weighted by Crippen LogP contribution is -2.04. The summed E-state index contributed by atoms with van der Waals surface area (Å²) < 4.78 is 0. The number of hydrogen-bond acceptors (Lipinski definition) is 4. The molecule has 0 aromatic carbocycles. The van der Waals surface area contributed by atoms with Crippen LogP contribution in [0.3, 0.4) is 0 Å². The zero-order valence-electron chi connectivity index (χ0n) is 6.97. The number of nitrogens with one attached hydrogen (secondary N) is 1. The van der Waals surface area contributed by atoms with Crippen LogP contribution in [0, 0.1) is 13.8 Å². The Kier molecular flexibility index (Phi) is 1.94. The topological polar surface area (TPSA) is 63.8 Å². The maximum Gasteiger partial charge on any atom is 0.222 e. The molecule has 3 N–H and O–H groups in total. The third kappa shape index (κ3) is 1.39. The fraction of sp³-hybridized carbons (Fsp3) is 0.429. The average molecular weight is 152 g/mol. The van der Waals surface area contributed by atoms with E-state index in [2.05, 4.69) is 15.3 Å². The van der Waals surface area contributed by atoms with E-state index in [9.17, 15) is 0 Å². The van der Waals surface area contributed by atoms with Gasteiger partial charge < -0.3 is 11.1 Å². The molecule has 1 aromatic heterocycles. The van der Waals surface area contributed by atoms with Gasteiger partial charge in [0.25, 0.3) is 0 Å². The Morgan fingerprint density at radius 3 is 2.00 bits per heavy atom. The van der Waals surface area contributed by atoms with Crippen molar-refractivity contribution < 1.29 is 0 Å². The van der Waals surface area contributed by atoms with Crippen molar-refractivity contribution in [2.45, 2.75) is 13.8 Å². The van der Waals surface area contributed by atoms with E-state index in [4.69, 9.17) is 5.73 Å².